The molecule has 0 spiro atoms. The van der Waals surface area contributed by atoms with E-state index in [2.05, 4.69) is 5.32 Å². The summed E-state index contributed by atoms with van der Waals surface area (Å²) in [6.07, 6.45) is 2.86. The molecule has 2 heterocycles. The molecule has 1 amide bonds. The number of ether oxygens (including phenoxy) is 1. The van der Waals surface area contributed by atoms with E-state index in [1.165, 1.54) is 4.90 Å². The number of carbonyl (C=O) groups is 3. The van der Waals surface area contributed by atoms with Crippen LogP contribution in [0, 0.1) is 5.92 Å². The average Bonchev–Trinajstić information content (AvgIpc) is 2.75. The van der Waals surface area contributed by atoms with Crippen LogP contribution in [-0.4, -0.2) is 70.3 Å². The smallest absolute Gasteiger partial charge is 0.326 e. The van der Waals surface area contributed by atoms with Gasteiger partial charge in [0.2, 0.25) is 5.91 Å². The Hall–Kier alpha value is -2.45. The first-order valence-corrected chi connectivity index (χ1v) is 10.5. The molecular formula is C22H30N2O6. The van der Waals surface area contributed by atoms with E-state index < -0.39 is 30.1 Å². The van der Waals surface area contributed by atoms with Gasteiger partial charge in [-0.05, 0) is 50.5 Å². The molecule has 30 heavy (non-hydrogen) atoms. The summed E-state index contributed by atoms with van der Waals surface area (Å²) in [6, 6.07) is 6.65. The average molecular weight is 418 g/mol. The zero-order valence-corrected chi connectivity index (χ0v) is 17.2. The highest BCUT2D eigenvalue weighted by atomic mass is 16.5. The summed E-state index contributed by atoms with van der Waals surface area (Å²) < 4.78 is 5.53. The van der Waals surface area contributed by atoms with Crippen molar-refractivity contribution in [3.63, 3.8) is 0 Å². The molecule has 0 bridgehead atoms. The summed E-state index contributed by atoms with van der Waals surface area (Å²) in [5, 5.41) is 22.2. The van der Waals surface area contributed by atoms with Gasteiger partial charge in [0.25, 0.3) is 0 Å². The zero-order chi connectivity index (χ0) is 21.7. The number of nitrogens with zero attached hydrogens (tertiary/aromatic N) is 1. The van der Waals surface area contributed by atoms with Crippen molar-refractivity contribution in [2.75, 3.05) is 13.2 Å². The number of likely N-dealkylation sites (tertiary alicyclic amines) is 1. The molecule has 3 N–H and O–H groups in total. The molecule has 5 atom stereocenters. The van der Waals surface area contributed by atoms with Crippen LogP contribution in [0.4, 0.5) is 0 Å². The third kappa shape index (κ3) is 5.17. The van der Waals surface area contributed by atoms with Crippen molar-refractivity contribution in [1.29, 1.82) is 0 Å². The second-order valence-corrected chi connectivity index (χ2v) is 8.17. The summed E-state index contributed by atoms with van der Waals surface area (Å²) in [4.78, 5) is 38.2. The lowest BCUT2D eigenvalue weighted by atomic mass is 9.82. The summed E-state index contributed by atoms with van der Waals surface area (Å²) in [7, 11) is 0. The second kappa shape index (κ2) is 10.0. The van der Waals surface area contributed by atoms with Crippen LogP contribution < -0.4 is 5.32 Å². The topological polar surface area (TPSA) is 116 Å². The Bertz CT molecular complexity index is 755. The Kier molecular flexibility index (Phi) is 7.44. The molecule has 3 rings (SSSR count). The number of nitrogens with one attached hydrogen (secondary N) is 1. The van der Waals surface area contributed by atoms with Crippen LogP contribution >= 0.6 is 0 Å². The summed E-state index contributed by atoms with van der Waals surface area (Å²) in [5.74, 6) is -2.22. The van der Waals surface area contributed by atoms with Crippen molar-refractivity contribution in [2.24, 2.45) is 5.92 Å². The molecule has 0 aliphatic carbocycles. The lowest BCUT2D eigenvalue weighted by Crippen LogP contribution is -2.63. The Labute approximate surface area is 176 Å². The third-order valence-corrected chi connectivity index (χ3v) is 6.19. The molecule has 0 saturated carbocycles. The number of piperidine rings is 1. The number of amides is 1. The van der Waals surface area contributed by atoms with Gasteiger partial charge in [0.05, 0.1) is 18.7 Å². The number of carboxylic acid groups (broad SMARTS) is 2. The Morgan fingerprint density at radius 3 is 2.57 bits per heavy atom. The minimum Gasteiger partial charge on any atom is -0.480 e. The number of aliphatic carboxylic acids is 2. The standard InChI is InChI=1S/C22H30N2O6/c1-14(23-17(21(26)27)9-7-15-5-3-2-4-6-15)20(25)24-18(22(28)29)10-8-16-11-12-30-13-19(16)24/h2-6,14,16-19,23H,7-13H2,1H3,(H,26,27)(H,28,29)/t14?,16?,17-,18-,19?/m0/s1. The Balaban J connectivity index is 1.69. The Morgan fingerprint density at radius 2 is 1.90 bits per heavy atom. The maximum atomic E-state index is 13.3. The second-order valence-electron chi connectivity index (χ2n) is 8.17. The van der Waals surface area contributed by atoms with Crippen LogP contribution in [0.15, 0.2) is 30.3 Å². The first kappa shape index (κ1) is 22.2. The van der Waals surface area contributed by atoms with Gasteiger partial charge in [0.15, 0.2) is 0 Å². The molecule has 1 aromatic rings. The fraction of sp³-hybridized carbons (Fsp3) is 0.591. The van der Waals surface area contributed by atoms with Crippen LogP contribution in [0.2, 0.25) is 0 Å². The van der Waals surface area contributed by atoms with Crippen LogP contribution in [0.25, 0.3) is 0 Å². The first-order valence-electron chi connectivity index (χ1n) is 10.5. The largest absolute Gasteiger partial charge is 0.480 e. The highest BCUT2D eigenvalue weighted by molar-refractivity contribution is 5.88. The van der Waals surface area contributed by atoms with E-state index in [0.717, 1.165) is 18.4 Å². The molecular weight excluding hydrogens is 388 g/mol. The van der Waals surface area contributed by atoms with E-state index in [9.17, 15) is 24.6 Å². The first-order chi connectivity index (χ1) is 14.4. The number of aryl methyl sites for hydroxylation is 1. The number of hydrogen-bond donors (Lipinski definition) is 3. The van der Waals surface area contributed by atoms with Crippen molar-refractivity contribution in [3.8, 4) is 0 Å². The van der Waals surface area contributed by atoms with E-state index in [1.807, 2.05) is 30.3 Å². The van der Waals surface area contributed by atoms with E-state index in [0.29, 0.717) is 32.5 Å². The van der Waals surface area contributed by atoms with Crippen LogP contribution in [0.5, 0.6) is 0 Å². The minimum absolute atomic E-state index is 0.221. The van der Waals surface area contributed by atoms with Crippen molar-refractivity contribution in [1.82, 2.24) is 10.2 Å². The van der Waals surface area contributed by atoms with Crippen LogP contribution in [0.3, 0.4) is 0 Å². The molecule has 164 valence electrons. The van der Waals surface area contributed by atoms with Crippen molar-refractivity contribution in [2.45, 2.75) is 63.2 Å². The number of rotatable bonds is 8. The maximum absolute atomic E-state index is 13.3. The van der Waals surface area contributed by atoms with E-state index in [1.54, 1.807) is 6.92 Å². The number of hydrogen-bond acceptors (Lipinski definition) is 5. The summed E-state index contributed by atoms with van der Waals surface area (Å²) >= 11 is 0. The van der Waals surface area contributed by atoms with Crippen LogP contribution in [0.1, 0.15) is 38.2 Å². The molecule has 1 aromatic carbocycles. The van der Waals surface area contributed by atoms with Gasteiger partial charge in [-0.15, -0.1) is 0 Å². The molecule has 2 saturated heterocycles. The molecule has 8 heteroatoms. The van der Waals surface area contributed by atoms with Gasteiger partial charge in [0, 0.05) is 6.61 Å². The number of carboxylic acids is 2. The maximum Gasteiger partial charge on any atom is 0.326 e. The molecule has 2 aliphatic heterocycles. The quantitative estimate of drug-likeness (QED) is 0.586. The minimum atomic E-state index is -1.03. The fourth-order valence-electron chi connectivity index (χ4n) is 4.54. The van der Waals surface area contributed by atoms with Crippen molar-refractivity contribution < 1.29 is 29.3 Å². The summed E-state index contributed by atoms with van der Waals surface area (Å²) in [5.41, 5.74) is 1.02. The number of fused-ring (bicyclic) bond motifs is 1. The predicted octanol–water partition coefficient (Wildman–Crippen LogP) is 1.53. The molecule has 0 aromatic heterocycles. The normalized spacial score (nSPS) is 25.8. The lowest BCUT2D eigenvalue weighted by Gasteiger charge is -2.47. The molecule has 2 fully saturated rings. The van der Waals surface area contributed by atoms with Gasteiger partial charge >= 0.3 is 11.9 Å². The highest BCUT2D eigenvalue weighted by Gasteiger charge is 2.45. The SMILES string of the molecule is CC(N[C@@H](CCc1ccccc1)C(=O)O)C(=O)N1C2COCCC2CC[C@H]1C(=O)O. The van der Waals surface area contributed by atoms with E-state index >= 15 is 0 Å². The van der Waals surface area contributed by atoms with Gasteiger partial charge in [-0.3, -0.25) is 14.9 Å². The van der Waals surface area contributed by atoms with Gasteiger partial charge < -0.3 is 19.8 Å². The molecule has 0 radical (unpaired) electrons. The molecule has 2 aliphatic rings. The van der Waals surface area contributed by atoms with Crippen molar-refractivity contribution >= 4 is 17.8 Å². The van der Waals surface area contributed by atoms with Gasteiger partial charge in [-0.1, -0.05) is 30.3 Å². The third-order valence-electron chi connectivity index (χ3n) is 6.19. The number of benzene rings is 1. The molecule has 3 unspecified atom stereocenters. The zero-order valence-electron chi connectivity index (χ0n) is 17.2. The van der Waals surface area contributed by atoms with Crippen LogP contribution in [-0.2, 0) is 25.5 Å². The number of carbonyl (C=O) groups excluding carboxylic acids is 1. The monoisotopic (exact) mass is 418 g/mol. The van der Waals surface area contributed by atoms with Gasteiger partial charge in [0.1, 0.15) is 12.1 Å². The van der Waals surface area contributed by atoms with E-state index in [4.69, 9.17) is 4.74 Å². The lowest BCUT2D eigenvalue weighted by molar-refractivity contribution is -0.163. The van der Waals surface area contributed by atoms with Crippen molar-refractivity contribution in [3.05, 3.63) is 35.9 Å². The van der Waals surface area contributed by atoms with E-state index in [-0.39, 0.29) is 17.9 Å². The fourth-order valence-corrected chi connectivity index (χ4v) is 4.54. The highest BCUT2D eigenvalue weighted by Crippen LogP contribution is 2.34. The predicted molar refractivity (Wildman–Crippen MR) is 109 cm³/mol. The van der Waals surface area contributed by atoms with Gasteiger partial charge in [-0.2, -0.15) is 0 Å². The van der Waals surface area contributed by atoms with Gasteiger partial charge in [-0.25, -0.2) is 4.79 Å². The Morgan fingerprint density at radius 1 is 1.17 bits per heavy atom. The summed E-state index contributed by atoms with van der Waals surface area (Å²) in [6.45, 7) is 2.55. The molecule has 8 nitrogen and oxygen atoms in total.